The van der Waals surface area contributed by atoms with E-state index >= 15 is 0 Å². The van der Waals surface area contributed by atoms with E-state index in [-0.39, 0.29) is 5.78 Å². The Balaban J connectivity index is 4.66. The van der Waals surface area contributed by atoms with Gasteiger partial charge in [0.15, 0.2) is 0 Å². The Morgan fingerprint density at radius 1 is 1.27 bits per heavy atom. The first kappa shape index (κ1) is 13.9. The van der Waals surface area contributed by atoms with E-state index in [1.165, 1.54) is 6.92 Å². The molecule has 0 amide bonds. The van der Waals surface area contributed by atoms with Crippen molar-refractivity contribution in [3.05, 3.63) is 12.2 Å². The van der Waals surface area contributed by atoms with Gasteiger partial charge in [0.05, 0.1) is 6.61 Å². The van der Waals surface area contributed by atoms with E-state index in [9.17, 15) is 9.59 Å². The molecule has 0 N–H and O–H groups in total. The normalized spacial score (nSPS) is 14.9. The molecule has 0 fully saturated rings. The molecule has 0 saturated heterocycles. The Kier molecular flexibility index (Phi) is 5.90. The average molecular weight is 212 g/mol. The molecule has 15 heavy (non-hydrogen) atoms. The van der Waals surface area contributed by atoms with Crippen LogP contribution in [-0.2, 0) is 14.3 Å². The maximum absolute atomic E-state index is 11.6. The fourth-order valence-corrected chi connectivity index (χ4v) is 1.15. The molecule has 0 aromatic rings. The summed E-state index contributed by atoms with van der Waals surface area (Å²) in [7, 11) is 0. The molecule has 3 heteroatoms. The summed E-state index contributed by atoms with van der Waals surface area (Å²) in [6, 6.07) is 0. The monoisotopic (exact) mass is 212 g/mol. The molecule has 0 radical (unpaired) electrons. The summed E-state index contributed by atoms with van der Waals surface area (Å²) < 4.78 is 4.91. The predicted molar refractivity (Wildman–Crippen MR) is 59.5 cm³/mol. The number of hydrogen-bond acceptors (Lipinski definition) is 3. The highest BCUT2D eigenvalue weighted by Gasteiger charge is 2.38. The van der Waals surface area contributed by atoms with Crippen LogP contribution in [0.25, 0.3) is 0 Å². The van der Waals surface area contributed by atoms with Crippen LogP contribution >= 0.6 is 0 Å². The zero-order chi connectivity index (χ0) is 11.9. The number of hydrogen-bond donors (Lipinski definition) is 0. The molecule has 0 spiro atoms. The summed E-state index contributed by atoms with van der Waals surface area (Å²) >= 11 is 0. The topological polar surface area (TPSA) is 43.4 Å². The third-order valence-corrected chi connectivity index (χ3v) is 2.43. The average Bonchev–Trinajstić information content (AvgIpc) is 2.18. The maximum Gasteiger partial charge on any atom is 0.319 e. The zero-order valence-corrected chi connectivity index (χ0v) is 10.0. The van der Waals surface area contributed by atoms with Gasteiger partial charge in [-0.3, -0.25) is 9.59 Å². The fraction of sp³-hybridized carbons (Fsp3) is 0.667. The molecular weight excluding hydrogens is 192 g/mol. The SMILES string of the molecule is CC/C=C/CC(C)(C(C)=O)C(=O)OCC. The largest absolute Gasteiger partial charge is 0.465 e. The lowest BCUT2D eigenvalue weighted by atomic mass is 9.83. The first-order valence-electron chi connectivity index (χ1n) is 5.32. The van der Waals surface area contributed by atoms with Gasteiger partial charge in [-0.15, -0.1) is 0 Å². The predicted octanol–water partition coefficient (Wildman–Crippen LogP) is 2.50. The van der Waals surface area contributed by atoms with Crippen LogP contribution in [0, 0.1) is 5.41 Å². The smallest absolute Gasteiger partial charge is 0.319 e. The summed E-state index contributed by atoms with van der Waals surface area (Å²) in [6.07, 6.45) is 5.12. The second kappa shape index (κ2) is 6.38. The minimum atomic E-state index is -1.03. The Bertz CT molecular complexity index is 256. The molecule has 0 aliphatic heterocycles. The van der Waals surface area contributed by atoms with E-state index in [2.05, 4.69) is 0 Å². The van der Waals surface area contributed by atoms with Crippen molar-refractivity contribution in [2.24, 2.45) is 5.41 Å². The number of allylic oxidation sites excluding steroid dienone is 2. The quantitative estimate of drug-likeness (QED) is 0.386. The van der Waals surface area contributed by atoms with Crippen molar-refractivity contribution in [3.8, 4) is 0 Å². The van der Waals surface area contributed by atoms with E-state index in [0.29, 0.717) is 13.0 Å². The number of ketones is 1. The lowest BCUT2D eigenvalue weighted by Gasteiger charge is -2.22. The lowest BCUT2D eigenvalue weighted by molar-refractivity contribution is -0.158. The number of Topliss-reactive ketones (excluding diaryl/α,β-unsaturated/α-hetero) is 1. The van der Waals surface area contributed by atoms with Gasteiger partial charge in [0.25, 0.3) is 0 Å². The van der Waals surface area contributed by atoms with Crippen LogP contribution < -0.4 is 0 Å². The van der Waals surface area contributed by atoms with Crippen LogP contribution in [0.2, 0.25) is 0 Å². The van der Waals surface area contributed by atoms with Gasteiger partial charge in [0, 0.05) is 0 Å². The van der Waals surface area contributed by atoms with Crippen molar-refractivity contribution >= 4 is 11.8 Å². The van der Waals surface area contributed by atoms with Crippen LogP contribution in [0.1, 0.15) is 40.5 Å². The first-order valence-corrected chi connectivity index (χ1v) is 5.32. The van der Waals surface area contributed by atoms with Gasteiger partial charge in [-0.1, -0.05) is 19.1 Å². The molecule has 0 heterocycles. The summed E-state index contributed by atoms with van der Waals surface area (Å²) in [4.78, 5) is 23.1. The molecule has 1 unspecified atom stereocenters. The summed E-state index contributed by atoms with van der Waals surface area (Å²) in [6.45, 7) is 7.11. The number of esters is 1. The van der Waals surface area contributed by atoms with E-state index in [4.69, 9.17) is 4.74 Å². The van der Waals surface area contributed by atoms with E-state index in [1.54, 1.807) is 13.8 Å². The molecule has 0 aromatic carbocycles. The molecule has 0 aliphatic rings. The highest BCUT2D eigenvalue weighted by atomic mass is 16.5. The second-order valence-corrected chi connectivity index (χ2v) is 3.69. The summed E-state index contributed by atoms with van der Waals surface area (Å²) in [5.74, 6) is -0.583. The molecule has 1 atom stereocenters. The Morgan fingerprint density at radius 2 is 1.87 bits per heavy atom. The highest BCUT2D eigenvalue weighted by Crippen LogP contribution is 2.25. The van der Waals surface area contributed by atoms with Crippen molar-refractivity contribution in [1.29, 1.82) is 0 Å². The van der Waals surface area contributed by atoms with Crippen molar-refractivity contribution < 1.29 is 14.3 Å². The fourth-order valence-electron chi connectivity index (χ4n) is 1.15. The molecule has 86 valence electrons. The van der Waals surface area contributed by atoms with E-state index < -0.39 is 11.4 Å². The summed E-state index contributed by atoms with van der Waals surface area (Å²) in [5.41, 5.74) is -1.03. The van der Waals surface area contributed by atoms with Gasteiger partial charge in [-0.05, 0) is 33.6 Å². The van der Waals surface area contributed by atoms with Crippen LogP contribution in [0.15, 0.2) is 12.2 Å². The molecule has 0 bridgehead atoms. The van der Waals surface area contributed by atoms with Gasteiger partial charge in [-0.25, -0.2) is 0 Å². The number of ether oxygens (including phenoxy) is 1. The molecule has 0 saturated carbocycles. The number of carbonyl (C=O) groups excluding carboxylic acids is 2. The molecule has 0 rings (SSSR count). The van der Waals surface area contributed by atoms with Crippen LogP contribution in [0.3, 0.4) is 0 Å². The van der Waals surface area contributed by atoms with Crippen LogP contribution in [0.4, 0.5) is 0 Å². The molecule has 3 nitrogen and oxygen atoms in total. The Hall–Kier alpha value is -1.12. The minimum Gasteiger partial charge on any atom is -0.465 e. The van der Waals surface area contributed by atoms with Crippen molar-refractivity contribution in [2.45, 2.75) is 40.5 Å². The zero-order valence-electron chi connectivity index (χ0n) is 10.0. The van der Waals surface area contributed by atoms with Crippen LogP contribution in [0.5, 0.6) is 0 Å². The second-order valence-electron chi connectivity index (χ2n) is 3.69. The third-order valence-electron chi connectivity index (χ3n) is 2.43. The van der Waals surface area contributed by atoms with Gasteiger partial charge >= 0.3 is 5.97 Å². The maximum atomic E-state index is 11.6. The summed E-state index contributed by atoms with van der Waals surface area (Å²) in [5, 5.41) is 0. The van der Waals surface area contributed by atoms with E-state index in [0.717, 1.165) is 6.42 Å². The standard InChI is InChI=1S/C12H20O3/c1-5-7-8-9-12(4,10(3)13)11(14)15-6-2/h7-8H,5-6,9H2,1-4H3/b8-7+. The molecule has 0 aliphatic carbocycles. The van der Waals surface area contributed by atoms with Crippen molar-refractivity contribution in [2.75, 3.05) is 6.61 Å². The lowest BCUT2D eigenvalue weighted by Crippen LogP contribution is -2.36. The van der Waals surface area contributed by atoms with Gasteiger partial charge in [0.2, 0.25) is 0 Å². The highest BCUT2D eigenvalue weighted by molar-refractivity contribution is 6.02. The molecule has 0 aromatic heterocycles. The van der Waals surface area contributed by atoms with Gasteiger partial charge < -0.3 is 4.74 Å². The van der Waals surface area contributed by atoms with E-state index in [1.807, 2.05) is 19.1 Å². The van der Waals surface area contributed by atoms with Crippen molar-refractivity contribution in [1.82, 2.24) is 0 Å². The Labute approximate surface area is 91.5 Å². The molecular formula is C12H20O3. The van der Waals surface area contributed by atoms with Gasteiger partial charge in [-0.2, -0.15) is 0 Å². The van der Waals surface area contributed by atoms with Crippen LogP contribution in [-0.4, -0.2) is 18.4 Å². The number of rotatable bonds is 6. The van der Waals surface area contributed by atoms with Gasteiger partial charge in [0.1, 0.15) is 11.2 Å². The first-order chi connectivity index (χ1) is 6.99. The minimum absolute atomic E-state index is 0.151. The Morgan fingerprint density at radius 3 is 2.27 bits per heavy atom. The number of carbonyl (C=O) groups is 2. The third kappa shape index (κ3) is 3.86. The van der Waals surface area contributed by atoms with Crippen molar-refractivity contribution in [3.63, 3.8) is 0 Å².